The van der Waals surface area contributed by atoms with Gasteiger partial charge in [-0.2, -0.15) is 0 Å². The van der Waals surface area contributed by atoms with Crippen LogP contribution < -0.4 is 4.74 Å². The van der Waals surface area contributed by atoms with Crippen LogP contribution in [0.2, 0.25) is 0 Å². The molecule has 0 N–H and O–H groups in total. The summed E-state index contributed by atoms with van der Waals surface area (Å²) in [6, 6.07) is 4.40. The molecule has 0 bridgehead atoms. The number of likely N-dealkylation sites (tertiary alicyclic amines) is 1. The molecule has 2 unspecified atom stereocenters. The van der Waals surface area contributed by atoms with Crippen molar-refractivity contribution in [1.29, 1.82) is 0 Å². The number of ether oxygens (including phenoxy) is 1. The van der Waals surface area contributed by atoms with Crippen LogP contribution in [-0.2, 0) is 0 Å². The van der Waals surface area contributed by atoms with Crippen LogP contribution in [0.15, 0.2) is 18.3 Å². The molecule has 1 saturated carbocycles. The Kier molecular flexibility index (Phi) is 3.10. The number of hydrogen-bond acceptors (Lipinski definition) is 4. The lowest BCUT2D eigenvalue weighted by molar-refractivity contribution is 0.0679. The summed E-state index contributed by atoms with van der Waals surface area (Å²) < 4.78 is 6.10. The first-order valence-electron chi connectivity index (χ1n) is 7.87. The average Bonchev–Trinajstić information content (AvgIpc) is 3.13. The molecule has 21 heavy (non-hydrogen) atoms. The summed E-state index contributed by atoms with van der Waals surface area (Å²) in [5, 5.41) is 0. The highest BCUT2D eigenvalue weighted by Crippen LogP contribution is 2.32. The Hall–Kier alpha value is -1.62. The minimum atomic E-state index is 0.0267. The lowest BCUT2D eigenvalue weighted by Crippen LogP contribution is -2.44. The first-order valence-corrected chi connectivity index (χ1v) is 7.87. The van der Waals surface area contributed by atoms with Crippen molar-refractivity contribution in [3.63, 3.8) is 0 Å². The normalized spacial score (nSPS) is 30.0. The van der Waals surface area contributed by atoms with E-state index in [1.165, 1.54) is 25.7 Å². The van der Waals surface area contributed by atoms with Crippen LogP contribution in [0.5, 0.6) is 5.88 Å². The van der Waals surface area contributed by atoms with E-state index in [-0.39, 0.29) is 18.1 Å². The Morgan fingerprint density at radius 3 is 2.90 bits per heavy atom. The monoisotopic (exact) mass is 287 g/mol. The Morgan fingerprint density at radius 1 is 1.29 bits per heavy atom. The third-order valence-corrected chi connectivity index (χ3v) is 5.19. The van der Waals surface area contributed by atoms with Crippen molar-refractivity contribution in [1.82, 2.24) is 14.8 Å². The van der Waals surface area contributed by atoms with Gasteiger partial charge in [0.25, 0.3) is 5.91 Å². The summed E-state index contributed by atoms with van der Waals surface area (Å²) in [7, 11) is 1.89. The van der Waals surface area contributed by atoms with Gasteiger partial charge in [-0.05, 0) is 25.0 Å². The smallest absolute Gasteiger partial charge is 0.259 e. The van der Waals surface area contributed by atoms with Crippen molar-refractivity contribution in [2.24, 2.45) is 0 Å². The van der Waals surface area contributed by atoms with Gasteiger partial charge in [0.1, 0.15) is 11.7 Å². The molecule has 0 spiro atoms. The number of aromatic nitrogens is 1. The van der Waals surface area contributed by atoms with Crippen molar-refractivity contribution in [2.45, 2.75) is 43.9 Å². The number of fused-ring (bicyclic) bond motifs is 2. The van der Waals surface area contributed by atoms with E-state index in [0.29, 0.717) is 17.5 Å². The minimum Gasteiger partial charge on any atom is -0.470 e. The fourth-order valence-electron chi connectivity index (χ4n) is 3.97. The largest absolute Gasteiger partial charge is 0.470 e. The SMILES string of the molecule is CN1C(=O)c2cccnc2OC2CN(C3CCCC3)CC21. The van der Waals surface area contributed by atoms with Gasteiger partial charge >= 0.3 is 0 Å². The zero-order valence-electron chi connectivity index (χ0n) is 12.4. The number of likely N-dealkylation sites (N-methyl/N-ethyl adjacent to an activating group) is 1. The molecule has 3 heterocycles. The van der Waals surface area contributed by atoms with Gasteiger partial charge in [-0.1, -0.05) is 12.8 Å². The molecule has 5 heteroatoms. The van der Waals surface area contributed by atoms with Crippen molar-refractivity contribution in [2.75, 3.05) is 20.1 Å². The molecule has 0 radical (unpaired) electrons. The van der Waals surface area contributed by atoms with E-state index in [4.69, 9.17) is 4.74 Å². The lowest BCUT2D eigenvalue weighted by atomic mass is 10.2. The fourth-order valence-corrected chi connectivity index (χ4v) is 3.97. The molecule has 2 fully saturated rings. The Bertz CT molecular complexity index is 556. The van der Waals surface area contributed by atoms with E-state index < -0.39 is 0 Å². The van der Waals surface area contributed by atoms with E-state index in [9.17, 15) is 4.79 Å². The van der Waals surface area contributed by atoms with Crippen molar-refractivity contribution >= 4 is 5.91 Å². The number of nitrogens with zero attached hydrogens (tertiary/aromatic N) is 3. The first kappa shape index (κ1) is 13.1. The van der Waals surface area contributed by atoms with Crippen LogP contribution in [0.1, 0.15) is 36.0 Å². The zero-order valence-corrected chi connectivity index (χ0v) is 12.4. The van der Waals surface area contributed by atoms with Gasteiger partial charge in [0, 0.05) is 32.4 Å². The van der Waals surface area contributed by atoms with Crippen LogP contribution in [0.25, 0.3) is 0 Å². The van der Waals surface area contributed by atoms with Crippen LogP contribution in [0, 0.1) is 0 Å². The van der Waals surface area contributed by atoms with E-state index in [0.717, 1.165) is 13.1 Å². The minimum absolute atomic E-state index is 0.0267. The van der Waals surface area contributed by atoms with Crippen molar-refractivity contribution < 1.29 is 9.53 Å². The molecule has 1 aromatic heterocycles. The molecule has 112 valence electrons. The molecule has 1 saturated heterocycles. The quantitative estimate of drug-likeness (QED) is 0.786. The maximum atomic E-state index is 12.6. The number of amides is 1. The van der Waals surface area contributed by atoms with Crippen LogP contribution in [0.3, 0.4) is 0 Å². The van der Waals surface area contributed by atoms with Gasteiger partial charge in [-0.15, -0.1) is 0 Å². The second-order valence-corrected chi connectivity index (χ2v) is 6.39. The average molecular weight is 287 g/mol. The molecule has 0 aromatic carbocycles. The molecule has 4 rings (SSSR count). The molecule has 3 aliphatic rings. The maximum absolute atomic E-state index is 12.6. The van der Waals surface area contributed by atoms with Gasteiger partial charge < -0.3 is 9.64 Å². The molecule has 1 amide bonds. The molecule has 5 nitrogen and oxygen atoms in total. The number of rotatable bonds is 1. The summed E-state index contributed by atoms with van der Waals surface area (Å²) >= 11 is 0. The van der Waals surface area contributed by atoms with Gasteiger partial charge in [0.05, 0.1) is 6.04 Å². The molecule has 2 atom stereocenters. The Labute approximate surface area is 124 Å². The summed E-state index contributed by atoms with van der Waals surface area (Å²) in [5.41, 5.74) is 0.585. The van der Waals surface area contributed by atoms with E-state index in [2.05, 4.69) is 9.88 Å². The van der Waals surface area contributed by atoms with Crippen LogP contribution in [-0.4, -0.2) is 59.0 Å². The molecule has 1 aliphatic carbocycles. The number of carbonyl (C=O) groups is 1. The first-order chi connectivity index (χ1) is 10.2. The topological polar surface area (TPSA) is 45.7 Å². The predicted molar refractivity (Wildman–Crippen MR) is 78.4 cm³/mol. The number of pyridine rings is 1. The third kappa shape index (κ3) is 2.11. The van der Waals surface area contributed by atoms with E-state index in [1.807, 2.05) is 11.9 Å². The molecule has 1 aromatic rings. The predicted octanol–water partition coefficient (Wildman–Crippen LogP) is 1.54. The van der Waals surface area contributed by atoms with Crippen LogP contribution >= 0.6 is 0 Å². The highest BCUT2D eigenvalue weighted by molar-refractivity contribution is 5.96. The van der Waals surface area contributed by atoms with Gasteiger partial charge in [-0.3, -0.25) is 9.69 Å². The van der Waals surface area contributed by atoms with E-state index in [1.54, 1.807) is 18.3 Å². The second kappa shape index (κ2) is 4.98. The maximum Gasteiger partial charge on any atom is 0.259 e. The van der Waals surface area contributed by atoms with Crippen LogP contribution in [0.4, 0.5) is 0 Å². The zero-order chi connectivity index (χ0) is 14.4. The third-order valence-electron chi connectivity index (χ3n) is 5.19. The summed E-state index contributed by atoms with van der Waals surface area (Å²) in [4.78, 5) is 21.2. The van der Waals surface area contributed by atoms with Gasteiger partial charge in [0.2, 0.25) is 5.88 Å². The number of carbonyl (C=O) groups excluding carboxylic acids is 1. The fraction of sp³-hybridized carbons (Fsp3) is 0.625. The molecular weight excluding hydrogens is 266 g/mol. The van der Waals surface area contributed by atoms with Gasteiger partial charge in [-0.25, -0.2) is 4.98 Å². The lowest BCUT2D eigenvalue weighted by Gasteiger charge is -2.26. The standard InChI is InChI=1S/C16H21N3O2/c1-18-13-9-19(11-5-2-3-6-11)10-14(13)21-15-12(16(18)20)7-4-8-17-15/h4,7-8,11,13-14H,2-3,5-6,9-10H2,1H3. The highest BCUT2D eigenvalue weighted by Gasteiger charge is 2.44. The Balaban J connectivity index is 1.62. The summed E-state index contributed by atoms with van der Waals surface area (Å²) in [6.07, 6.45) is 6.96. The second-order valence-electron chi connectivity index (χ2n) is 6.39. The molecule has 2 aliphatic heterocycles. The van der Waals surface area contributed by atoms with Gasteiger partial charge in [0.15, 0.2) is 0 Å². The molecular formula is C16H21N3O2. The van der Waals surface area contributed by atoms with E-state index >= 15 is 0 Å². The van der Waals surface area contributed by atoms with Crippen molar-refractivity contribution in [3.8, 4) is 5.88 Å². The highest BCUT2D eigenvalue weighted by atomic mass is 16.5. The summed E-state index contributed by atoms with van der Waals surface area (Å²) in [6.45, 7) is 1.83. The Morgan fingerprint density at radius 2 is 2.10 bits per heavy atom. The van der Waals surface area contributed by atoms with Crippen molar-refractivity contribution in [3.05, 3.63) is 23.9 Å². The number of hydrogen-bond donors (Lipinski definition) is 0. The summed E-state index contributed by atoms with van der Waals surface area (Å²) in [5.74, 6) is 0.522.